The van der Waals surface area contributed by atoms with E-state index in [0.29, 0.717) is 12.8 Å². The van der Waals surface area contributed by atoms with Crippen molar-refractivity contribution in [2.24, 2.45) is 5.41 Å². The number of ketones is 2. The Balaban J connectivity index is 2.66. The van der Waals surface area contributed by atoms with Gasteiger partial charge in [-0.05, 0) is 32.1 Å². The van der Waals surface area contributed by atoms with Gasteiger partial charge in [0.2, 0.25) is 0 Å². The summed E-state index contributed by atoms with van der Waals surface area (Å²) in [7, 11) is 0. The second-order valence-corrected chi connectivity index (χ2v) is 4.82. The summed E-state index contributed by atoms with van der Waals surface area (Å²) in [5.41, 5.74) is 0.0237. The Hall–Kier alpha value is -0.660. The first-order chi connectivity index (χ1) is 6.54. The van der Waals surface area contributed by atoms with Gasteiger partial charge in [0.05, 0.1) is 0 Å². The van der Waals surface area contributed by atoms with Gasteiger partial charge in [-0.25, -0.2) is 0 Å². The van der Waals surface area contributed by atoms with Gasteiger partial charge in [0.1, 0.15) is 11.6 Å². The fraction of sp³-hybridized carbons (Fsp3) is 0.833. The van der Waals surface area contributed by atoms with E-state index >= 15 is 0 Å². The summed E-state index contributed by atoms with van der Waals surface area (Å²) >= 11 is 0. The smallest absolute Gasteiger partial charge is 0.130 e. The Bertz CT molecular complexity index is 206. The molecule has 1 aliphatic carbocycles. The molecule has 0 unspecified atom stereocenters. The fourth-order valence-corrected chi connectivity index (χ4v) is 2.77. The van der Waals surface area contributed by atoms with Crippen LogP contribution in [0, 0.1) is 5.41 Å². The zero-order chi connectivity index (χ0) is 10.6. The third-order valence-corrected chi connectivity index (χ3v) is 3.16. The Morgan fingerprint density at radius 1 is 0.929 bits per heavy atom. The van der Waals surface area contributed by atoms with Crippen LogP contribution in [-0.4, -0.2) is 11.6 Å². The van der Waals surface area contributed by atoms with Gasteiger partial charge >= 0.3 is 0 Å². The van der Waals surface area contributed by atoms with Crippen molar-refractivity contribution in [2.45, 2.75) is 58.8 Å². The van der Waals surface area contributed by atoms with Crippen LogP contribution in [0.15, 0.2) is 0 Å². The minimum Gasteiger partial charge on any atom is -0.300 e. The molecule has 0 spiro atoms. The number of rotatable bonds is 4. The molecular formula is C12H20O2. The molecule has 1 fully saturated rings. The van der Waals surface area contributed by atoms with Crippen LogP contribution in [0.5, 0.6) is 0 Å². The first kappa shape index (κ1) is 11.4. The highest BCUT2D eigenvalue weighted by Crippen LogP contribution is 2.42. The molecule has 0 N–H and O–H groups in total. The van der Waals surface area contributed by atoms with Gasteiger partial charge in [-0.15, -0.1) is 0 Å². The second kappa shape index (κ2) is 4.72. The molecule has 14 heavy (non-hydrogen) atoms. The maximum Gasteiger partial charge on any atom is 0.130 e. The molecule has 0 amide bonds. The van der Waals surface area contributed by atoms with Gasteiger partial charge in [-0.3, -0.25) is 0 Å². The van der Waals surface area contributed by atoms with Crippen molar-refractivity contribution < 1.29 is 9.59 Å². The lowest BCUT2D eigenvalue weighted by Gasteiger charge is -2.35. The molecule has 1 saturated carbocycles. The second-order valence-electron chi connectivity index (χ2n) is 4.82. The summed E-state index contributed by atoms with van der Waals surface area (Å²) in [6.45, 7) is 3.27. The van der Waals surface area contributed by atoms with Crippen LogP contribution in [0.25, 0.3) is 0 Å². The van der Waals surface area contributed by atoms with Crippen LogP contribution in [0.4, 0.5) is 0 Å². The first-order valence-electron chi connectivity index (χ1n) is 5.53. The molecule has 2 heteroatoms. The summed E-state index contributed by atoms with van der Waals surface area (Å²) in [5, 5.41) is 0. The van der Waals surface area contributed by atoms with Crippen molar-refractivity contribution >= 4 is 11.6 Å². The molecule has 2 nitrogen and oxygen atoms in total. The van der Waals surface area contributed by atoms with Crippen molar-refractivity contribution in [3.8, 4) is 0 Å². The van der Waals surface area contributed by atoms with Crippen molar-refractivity contribution in [1.29, 1.82) is 0 Å². The number of carbonyl (C=O) groups excluding carboxylic acids is 2. The Morgan fingerprint density at radius 2 is 1.36 bits per heavy atom. The molecule has 80 valence electrons. The van der Waals surface area contributed by atoms with Gasteiger partial charge in [-0.2, -0.15) is 0 Å². The summed E-state index contributed by atoms with van der Waals surface area (Å²) in [4.78, 5) is 22.4. The molecule has 0 saturated heterocycles. The van der Waals surface area contributed by atoms with E-state index in [0.717, 1.165) is 12.8 Å². The molecule has 0 aromatic heterocycles. The Morgan fingerprint density at radius 3 is 1.71 bits per heavy atom. The molecular weight excluding hydrogens is 176 g/mol. The van der Waals surface area contributed by atoms with E-state index < -0.39 is 0 Å². The van der Waals surface area contributed by atoms with Crippen molar-refractivity contribution in [2.75, 3.05) is 0 Å². The van der Waals surface area contributed by atoms with Gasteiger partial charge in [-0.1, -0.05) is 19.3 Å². The molecule has 0 aromatic carbocycles. The molecule has 0 heterocycles. The third kappa shape index (κ3) is 3.24. The fourth-order valence-electron chi connectivity index (χ4n) is 2.77. The average Bonchev–Trinajstić information content (AvgIpc) is 2.01. The molecule has 1 rings (SSSR count). The van der Waals surface area contributed by atoms with Crippen molar-refractivity contribution in [1.82, 2.24) is 0 Å². The normalized spacial score (nSPS) is 20.4. The molecule has 0 aliphatic heterocycles. The summed E-state index contributed by atoms with van der Waals surface area (Å²) in [6.07, 6.45) is 6.95. The van der Waals surface area contributed by atoms with Gasteiger partial charge in [0, 0.05) is 12.8 Å². The highest BCUT2D eigenvalue weighted by Gasteiger charge is 2.34. The standard InChI is InChI=1S/C12H20O2/c1-10(13)8-12(9-11(2)14)6-4-3-5-7-12/h3-9H2,1-2H3. The van der Waals surface area contributed by atoms with Gasteiger partial charge in [0.15, 0.2) is 0 Å². The highest BCUT2D eigenvalue weighted by molar-refractivity contribution is 5.80. The number of Topliss-reactive ketones (excluding diaryl/α,β-unsaturated/α-hetero) is 2. The minimum atomic E-state index is 0.0237. The predicted octanol–water partition coefficient (Wildman–Crippen LogP) is 2.90. The maximum absolute atomic E-state index is 11.2. The Labute approximate surface area is 86.1 Å². The summed E-state index contributed by atoms with van der Waals surface area (Å²) in [6, 6.07) is 0. The van der Waals surface area contributed by atoms with E-state index in [1.165, 1.54) is 19.3 Å². The maximum atomic E-state index is 11.2. The van der Waals surface area contributed by atoms with Crippen LogP contribution in [0.2, 0.25) is 0 Å². The zero-order valence-corrected chi connectivity index (χ0v) is 9.27. The highest BCUT2D eigenvalue weighted by atomic mass is 16.1. The number of hydrogen-bond donors (Lipinski definition) is 0. The van der Waals surface area contributed by atoms with Crippen molar-refractivity contribution in [3.63, 3.8) is 0 Å². The average molecular weight is 196 g/mol. The topological polar surface area (TPSA) is 34.1 Å². The lowest BCUT2D eigenvalue weighted by molar-refractivity contribution is -0.123. The van der Waals surface area contributed by atoms with E-state index in [1.807, 2.05) is 0 Å². The largest absolute Gasteiger partial charge is 0.300 e. The Kier molecular flexibility index (Phi) is 3.85. The predicted molar refractivity (Wildman–Crippen MR) is 56.1 cm³/mol. The van der Waals surface area contributed by atoms with Crippen LogP contribution in [0.1, 0.15) is 58.8 Å². The minimum absolute atomic E-state index is 0.0237. The first-order valence-corrected chi connectivity index (χ1v) is 5.53. The van der Waals surface area contributed by atoms with E-state index in [9.17, 15) is 9.59 Å². The van der Waals surface area contributed by atoms with Gasteiger partial charge in [0.25, 0.3) is 0 Å². The SMILES string of the molecule is CC(=O)CC1(CC(C)=O)CCCCC1. The molecule has 1 aliphatic rings. The van der Waals surface area contributed by atoms with Gasteiger partial charge < -0.3 is 9.59 Å². The quantitative estimate of drug-likeness (QED) is 0.692. The lowest BCUT2D eigenvalue weighted by atomic mass is 9.68. The molecule has 0 atom stereocenters. The lowest BCUT2D eigenvalue weighted by Crippen LogP contribution is -2.28. The number of hydrogen-bond acceptors (Lipinski definition) is 2. The van der Waals surface area contributed by atoms with E-state index in [2.05, 4.69) is 0 Å². The van der Waals surface area contributed by atoms with E-state index in [4.69, 9.17) is 0 Å². The third-order valence-electron chi connectivity index (χ3n) is 3.16. The molecule has 0 radical (unpaired) electrons. The van der Waals surface area contributed by atoms with Crippen LogP contribution in [0.3, 0.4) is 0 Å². The van der Waals surface area contributed by atoms with Crippen molar-refractivity contribution in [3.05, 3.63) is 0 Å². The summed E-state index contributed by atoms with van der Waals surface area (Å²) < 4.78 is 0. The van der Waals surface area contributed by atoms with Crippen LogP contribution < -0.4 is 0 Å². The van der Waals surface area contributed by atoms with E-state index in [1.54, 1.807) is 13.8 Å². The summed E-state index contributed by atoms with van der Waals surface area (Å²) in [5.74, 6) is 0.460. The zero-order valence-electron chi connectivity index (χ0n) is 9.27. The number of carbonyl (C=O) groups is 2. The molecule has 0 aromatic rings. The van der Waals surface area contributed by atoms with Crippen LogP contribution >= 0.6 is 0 Å². The van der Waals surface area contributed by atoms with Crippen LogP contribution in [-0.2, 0) is 9.59 Å². The molecule has 0 bridgehead atoms. The monoisotopic (exact) mass is 196 g/mol. The van der Waals surface area contributed by atoms with E-state index in [-0.39, 0.29) is 17.0 Å².